The van der Waals surface area contributed by atoms with Crippen LogP contribution in [0, 0.1) is 0 Å². The van der Waals surface area contributed by atoms with Gasteiger partial charge in [0.2, 0.25) is 0 Å². The van der Waals surface area contributed by atoms with Gasteiger partial charge in [0.1, 0.15) is 11.3 Å². The first-order valence-corrected chi connectivity index (χ1v) is 7.16. The van der Waals surface area contributed by atoms with E-state index in [1.165, 1.54) is 6.42 Å². The molecular weight excluding hydrogens is 242 g/mol. The molecule has 2 aliphatic heterocycles. The van der Waals surface area contributed by atoms with Crippen molar-refractivity contribution in [1.29, 1.82) is 0 Å². The van der Waals surface area contributed by atoms with E-state index in [0.29, 0.717) is 5.75 Å². The molecule has 1 aromatic rings. The molecule has 0 radical (unpaired) electrons. The Balaban J connectivity index is 2.07. The lowest BCUT2D eigenvalue weighted by molar-refractivity contribution is -0.00179. The van der Waals surface area contributed by atoms with E-state index in [1.54, 1.807) is 13.3 Å². The molecule has 0 bridgehead atoms. The Bertz CT molecular complexity index is 471. The topological polar surface area (TPSA) is 50.5 Å². The molecule has 1 aromatic heterocycles. The van der Waals surface area contributed by atoms with E-state index < -0.39 is 5.60 Å². The summed E-state index contributed by atoms with van der Waals surface area (Å²) in [6.45, 7) is 6.24. The van der Waals surface area contributed by atoms with E-state index in [9.17, 15) is 5.11 Å². The fourth-order valence-electron chi connectivity index (χ4n) is 3.69. The van der Waals surface area contributed by atoms with Gasteiger partial charge in [0.15, 0.2) is 5.75 Å². The fraction of sp³-hybridized carbons (Fsp3) is 0.786. The summed E-state index contributed by atoms with van der Waals surface area (Å²) in [7, 11) is 1.65. The number of hydrogen-bond donors (Lipinski definition) is 1. The number of aromatic nitrogens is 2. The number of rotatable bonds is 3. The third kappa shape index (κ3) is 1.79. The molecule has 2 fully saturated rings. The molecule has 3 rings (SSSR count). The van der Waals surface area contributed by atoms with Crippen molar-refractivity contribution >= 4 is 0 Å². The molecule has 2 unspecified atom stereocenters. The molecule has 2 aliphatic rings. The molecule has 0 aromatic carbocycles. The molecule has 5 heteroatoms. The first-order valence-electron chi connectivity index (χ1n) is 7.16. The minimum Gasteiger partial charge on any atom is -0.493 e. The zero-order valence-corrected chi connectivity index (χ0v) is 12.0. The minimum atomic E-state index is -0.817. The third-order valence-corrected chi connectivity index (χ3v) is 4.58. The summed E-state index contributed by atoms with van der Waals surface area (Å²) in [5, 5.41) is 15.7. The molecule has 0 spiro atoms. The van der Waals surface area contributed by atoms with E-state index in [4.69, 9.17) is 4.74 Å². The summed E-state index contributed by atoms with van der Waals surface area (Å²) in [6.07, 6.45) is 4.73. The third-order valence-electron chi connectivity index (χ3n) is 4.58. The van der Waals surface area contributed by atoms with Gasteiger partial charge in [-0.3, -0.25) is 9.58 Å². The van der Waals surface area contributed by atoms with Crippen molar-refractivity contribution in [3.05, 3.63) is 11.9 Å². The smallest absolute Gasteiger partial charge is 0.163 e. The largest absolute Gasteiger partial charge is 0.493 e. The molecule has 1 N–H and O–H groups in total. The zero-order valence-electron chi connectivity index (χ0n) is 12.0. The Morgan fingerprint density at radius 1 is 1.47 bits per heavy atom. The Morgan fingerprint density at radius 2 is 2.26 bits per heavy atom. The summed E-state index contributed by atoms with van der Waals surface area (Å²) in [5.74, 6) is 0.713. The first-order chi connectivity index (χ1) is 9.08. The number of ether oxygens (including phenoxy) is 1. The summed E-state index contributed by atoms with van der Waals surface area (Å²) in [6, 6.07) is 0.439. The monoisotopic (exact) mass is 265 g/mol. The lowest BCUT2D eigenvalue weighted by Gasteiger charge is -2.31. The van der Waals surface area contributed by atoms with Crippen LogP contribution in [0.1, 0.15) is 44.8 Å². The van der Waals surface area contributed by atoms with E-state index in [-0.39, 0.29) is 12.1 Å². The molecule has 19 heavy (non-hydrogen) atoms. The summed E-state index contributed by atoms with van der Waals surface area (Å²) in [5.41, 5.74) is 0.0437. The van der Waals surface area contributed by atoms with Crippen LogP contribution in [-0.2, 0) is 5.60 Å². The zero-order chi connectivity index (χ0) is 13.6. The average Bonchev–Trinajstić information content (AvgIpc) is 3.05. The van der Waals surface area contributed by atoms with Crippen LogP contribution in [0.5, 0.6) is 5.75 Å². The van der Waals surface area contributed by atoms with Gasteiger partial charge in [0.25, 0.3) is 0 Å². The molecule has 5 nitrogen and oxygen atoms in total. The van der Waals surface area contributed by atoms with Crippen molar-refractivity contribution in [2.45, 2.75) is 50.8 Å². The van der Waals surface area contributed by atoms with Crippen LogP contribution in [0.15, 0.2) is 6.20 Å². The lowest BCUT2D eigenvalue weighted by Crippen LogP contribution is -2.41. The van der Waals surface area contributed by atoms with Crippen molar-refractivity contribution in [3.63, 3.8) is 0 Å². The highest BCUT2D eigenvalue weighted by Crippen LogP contribution is 2.46. The number of fused-ring (bicyclic) bond motifs is 1. The SMILES string of the molecule is COc1cnn(C(C)C)c1C1(O)CCN2CCCC21. The highest BCUT2D eigenvalue weighted by molar-refractivity contribution is 5.34. The fourth-order valence-corrected chi connectivity index (χ4v) is 3.69. The van der Waals surface area contributed by atoms with Gasteiger partial charge in [0, 0.05) is 18.6 Å². The van der Waals surface area contributed by atoms with Crippen LogP contribution in [-0.4, -0.2) is 46.0 Å². The Kier molecular flexibility index (Phi) is 3.06. The summed E-state index contributed by atoms with van der Waals surface area (Å²) < 4.78 is 7.36. The van der Waals surface area contributed by atoms with Gasteiger partial charge < -0.3 is 9.84 Å². The van der Waals surface area contributed by atoms with E-state index in [0.717, 1.165) is 31.6 Å². The van der Waals surface area contributed by atoms with Crippen molar-refractivity contribution in [3.8, 4) is 5.75 Å². The maximum Gasteiger partial charge on any atom is 0.163 e. The quantitative estimate of drug-likeness (QED) is 0.900. The summed E-state index contributed by atoms with van der Waals surface area (Å²) >= 11 is 0. The second kappa shape index (κ2) is 4.49. The van der Waals surface area contributed by atoms with Crippen LogP contribution in [0.2, 0.25) is 0 Å². The summed E-state index contributed by atoms with van der Waals surface area (Å²) in [4.78, 5) is 2.40. The lowest BCUT2D eigenvalue weighted by atomic mass is 9.88. The van der Waals surface area contributed by atoms with Crippen LogP contribution in [0.25, 0.3) is 0 Å². The second-order valence-electron chi connectivity index (χ2n) is 5.97. The van der Waals surface area contributed by atoms with E-state index >= 15 is 0 Å². The Hall–Kier alpha value is -1.07. The maximum absolute atomic E-state index is 11.3. The van der Waals surface area contributed by atoms with Crippen LogP contribution >= 0.6 is 0 Å². The molecule has 2 atom stereocenters. The molecule has 106 valence electrons. The Labute approximate surface area is 114 Å². The average molecular weight is 265 g/mol. The van der Waals surface area contributed by atoms with Gasteiger partial charge in [-0.15, -0.1) is 0 Å². The minimum absolute atomic E-state index is 0.218. The van der Waals surface area contributed by atoms with Gasteiger partial charge in [-0.1, -0.05) is 0 Å². The number of hydrogen-bond acceptors (Lipinski definition) is 4. The predicted octanol–water partition coefficient (Wildman–Crippen LogP) is 1.53. The van der Waals surface area contributed by atoms with Crippen molar-refractivity contribution < 1.29 is 9.84 Å². The van der Waals surface area contributed by atoms with Gasteiger partial charge in [-0.05, 0) is 39.7 Å². The van der Waals surface area contributed by atoms with E-state index in [1.807, 2.05) is 4.68 Å². The standard InChI is InChI=1S/C14H23N3O2/c1-10(2)17-13(11(19-3)9-15-17)14(18)6-8-16-7-4-5-12(14)16/h9-10,12,18H,4-8H2,1-3H3. The highest BCUT2D eigenvalue weighted by Gasteiger charge is 2.52. The second-order valence-corrected chi connectivity index (χ2v) is 5.97. The molecule has 0 saturated carbocycles. The van der Waals surface area contributed by atoms with E-state index in [2.05, 4.69) is 23.8 Å². The number of aliphatic hydroxyl groups is 1. The molecule has 0 aliphatic carbocycles. The maximum atomic E-state index is 11.3. The molecule has 0 amide bonds. The predicted molar refractivity (Wildman–Crippen MR) is 72.3 cm³/mol. The van der Waals surface area contributed by atoms with Gasteiger partial charge >= 0.3 is 0 Å². The molecule has 3 heterocycles. The van der Waals surface area contributed by atoms with Crippen LogP contribution in [0.3, 0.4) is 0 Å². The molecular formula is C14H23N3O2. The van der Waals surface area contributed by atoms with Crippen LogP contribution in [0.4, 0.5) is 0 Å². The highest BCUT2D eigenvalue weighted by atomic mass is 16.5. The number of methoxy groups -OCH3 is 1. The first kappa shape index (κ1) is 12.9. The van der Waals surface area contributed by atoms with Gasteiger partial charge in [0.05, 0.1) is 13.3 Å². The van der Waals surface area contributed by atoms with Gasteiger partial charge in [-0.25, -0.2) is 0 Å². The van der Waals surface area contributed by atoms with Gasteiger partial charge in [-0.2, -0.15) is 5.10 Å². The van der Waals surface area contributed by atoms with Crippen molar-refractivity contribution in [1.82, 2.24) is 14.7 Å². The van der Waals surface area contributed by atoms with Crippen molar-refractivity contribution in [2.75, 3.05) is 20.2 Å². The molecule has 2 saturated heterocycles. The number of nitrogens with zero attached hydrogens (tertiary/aromatic N) is 3. The van der Waals surface area contributed by atoms with Crippen LogP contribution < -0.4 is 4.74 Å². The van der Waals surface area contributed by atoms with Crippen molar-refractivity contribution in [2.24, 2.45) is 0 Å². The Morgan fingerprint density at radius 3 is 2.95 bits per heavy atom. The normalized spacial score (nSPS) is 31.1.